The van der Waals surface area contributed by atoms with Crippen LogP contribution < -0.4 is 4.90 Å². The van der Waals surface area contributed by atoms with Gasteiger partial charge in [-0.3, -0.25) is 9.59 Å². The number of hydrogen-bond donors (Lipinski definition) is 2. The number of rotatable bonds is 8. The molecule has 2 aromatic heterocycles. The quantitative estimate of drug-likeness (QED) is 0.631. The van der Waals surface area contributed by atoms with Crippen molar-refractivity contribution in [3.05, 3.63) is 65.7 Å². The molecule has 0 aromatic carbocycles. The van der Waals surface area contributed by atoms with Crippen LogP contribution in [0.15, 0.2) is 63.0 Å². The maximum absolute atomic E-state index is 12.9. The molecule has 2 N–H and O–H groups in total. The lowest BCUT2D eigenvalue weighted by Gasteiger charge is -2.27. The van der Waals surface area contributed by atoms with E-state index < -0.39 is 23.5 Å². The van der Waals surface area contributed by atoms with E-state index in [1.54, 1.807) is 24.3 Å². The van der Waals surface area contributed by atoms with Crippen LogP contribution in [0.1, 0.15) is 24.0 Å². The van der Waals surface area contributed by atoms with Crippen molar-refractivity contribution < 1.29 is 33.2 Å². The number of nitrogens with one attached hydrogen (secondary N) is 1. The molecule has 0 unspecified atom stereocenters. The number of nitrogens with zero attached hydrogens (tertiary/aromatic N) is 1. The summed E-state index contributed by atoms with van der Waals surface area (Å²) in [4.78, 5) is 28.6. The zero-order valence-electron chi connectivity index (χ0n) is 16.6. The average molecular weight is 413 g/mol. The first kappa shape index (κ1) is 20.2. The number of aliphatic hydroxyl groups is 1. The first-order valence-electron chi connectivity index (χ1n) is 10.1. The summed E-state index contributed by atoms with van der Waals surface area (Å²) in [7, 11) is 0. The monoisotopic (exact) mass is 413 g/mol. The van der Waals surface area contributed by atoms with Crippen molar-refractivity contribution in [3.63, 3.8) is 0 Å². The van der Waals surface area contributed by atoms with Gasteiger partial charge in [0.15, 0.2) is 11.5 Å². The highest BCUT2D eigenvalue weighted by molar-refractivity contribution is 6.14. The van der Waals surface area contributed by atoms with E-state index in [0.717, 1.165) is 39.3 Å². The lowest BCUT2D eigenvalue weighted by molar-refractivity contribution is -0.908. The maximum Gasteiger partial charge on any atom is 0.290 e. The van der Waals surface area contributed by atoms with Gasteiger partial charge in [0.25, 0.3) is 5.91 Å². The lowest BCUT2D eigenvalue weighted by Crippen LogP contribution is -3.14. The number of carbonyl (C=O) groups excluding carboxylic acids is 2. The Balaban J connectivity index is 1.51. The number of furan rings is 2. The zero-order chi connectivity index (χ0) is 20.9. The summed E-state index contributed by atoms with van der Waals surface area (Å²) in [6.45, 7) is 4.68. The third-order valence-electron chi connectivity index (χ3n) is 5.45. The molecule has 1 atom stereocenters. The predicted molar refractivity (Wildman–Crippen MR) is 107 cm³/mol. The fourth-order valence-corrected chi connectivity index (χ4v) is 3.92. The van der Waals surface area contributed by atoms with E-state index in [-0.39, 0.29) is 5.57 Å². The van der Waals surface area contributed by atoms with Crippen molar-refractivity contribution in [3.8, 4) is 0 Å². The fourth-order valence-electron chi connectivity index (χ4n) is 3.92. The Morgan fingerprint density at radius 2 is 1.97 bits per heavy atom. The molecule has 0 saturated carbocycles. The number of ether oxygens (including phenoxy) is 1. The van der Waals surface area contributed by atoms with Gasteiger partial charge in [-0.25, -0.2) is 0 Å². The Labute approximate surface area is 174 Å². The van der Waals surface area contributed by atoms with Gasteiger partial charge in [0.05, 0.1) is 37.9 Å². The molecular weight excluding hydrogens is 388 g/mol. The second-order valence-corrected chi connectivity index (χ2v) is 7.36. The molecule has 8 nitrogen and oxygen atoms in total. The summed E-state index contributed by atoms with van der Waals surface area (Å²) in [5.74, 6) is -0.583. The van der Waals surface area contributed by atoms with Gasteiger partial charge in [-0.15, -0.1) is 0 Å². The van der Waals surface area contributed by atoms with Crippen molar-refractivity contribution in [2.75, 3.05) is 39.4 Å². The highest BCUT2D eigenvalue weighted by atomic mass is 16.5. The van der Waals surface area contributed by atoms with Crippen LogP contribution in [0.4, 0.5) is 0 Å². The molecule has 0 aliphatic carbocycles. The molecule has 2 aliphatic rings. The molecule has 158 valence electrons. The number of allylic oxidation sites excluding steroid dienone is 1. The minimum atomic E-state index is -0.749. The summed E-state index contributed by atoms with van der Waals surface area (Å²) >= 11 is 0. The smallest absolute Gasteiger partial charge is 0.290 e. The first-order valence-corrected chi connectivity index (χ1v) is 10.1. The number of amides is 1. The molecule has 30 heavy (non-hydrogen) atoms. The van der Waals surface area contributed by atoms with Crippen LogP contribution in [0.2, 0.25) is 0 Å². The van der Waals surface area contributed by atoms with E-state index in [1.165, 1.54) is 34.5 Å². The van der Waals surface area contributed by atoms with Gasteiger partial charge in [-0.1, -0.05) is 0 Å². The largest absolute Gasteiger partial charge is 0.503 e. The van der Waals surface area contributed by atoms with Crippen molar-refractivity contribution in [1.82, 2.24) is 4.90 Å². The molecule has 2 aromatic rings. The van der Waals surface area contributed by atoms with Crippen LogP contribution in [-0.2, 0) is 14.3 Å². The Bertz CT molecular complexity index is 923. The number of morpholine rings is 1. The molecule has 4 rings (SSSR count). The average Bonchev–Trinajstić information content (AvgIpc) is 3.51. The fraction of sp³-hybridized carbons (Fsp3) is 0.364. The summed E-state index contributed by atoms with van der Waals surface area (Å²) in [5.41, 5.74) is 0.0245. The standard InChI is InChI=1S/C22H24N2O6/c25-17(7-6-16-4-1-12-29-16)19-20(18-5-2-13-30-18)24(22(27)21(19)26)9-3-8-23-10-14-28-15-11-23/h1-2,4-7,12-13,20,26H,3,8-11,14-15H2/p+1/b7-6+/t20-/m1/s1. The Hall–Kier alpha value is -3.10. The minimum absolute atomic E-state index is 0.0245. The predicted octanol–water partition coefficient (Wildman–Crippen LogP) is 1.16. The van der Waals surface area contributed by atoms with Crippen LogP contribution >= 0.6 is 0 Å². The molecule has 8 heteroatoms. The molecule has 2 aliphatic heterocycles. The summed E-state index contributed by atoms with van der Waals surface area (Å²) in [6, 6.07) is 6.08. The number of aliphatic hydroxyl groups excluding tert-OH is 1. The molecule has 0 spiro atoms. The normalized spacial score (nSPS) is 20.6. The second-order valence-electron chi connectivity index (χ2n) is 7.36. The van der Waals surface area contributed by atoms with Gasteiger partial charge in [-0.05, 0) is 36.4 Å². The Morgan fingerprint density at radius 1 is 1.20 bits per heavy atom. The minimum Gasteiger partial charge on any atom is -0.503 e. The molecular formula is C22H25N2O6+. The van der Waals surface area contributed by atoms with Gasteiger partial charge in [0.2, 0.25) is 0 Å². The van der Waals surface area contributed by atoms with E-state index in [2.05, 4.69) is 0 Å². The third-order valence-corrected chi connectivity index (χ3v) is 5.45. The van der Waals surface area contributed by atoms with Crippen LogP contribution in [0.3, 0.4) is 0 Å². The highest BCUT2D eigenvalue weighted by Crippen LogP contribution is 2.38. The van der Waals surface area contributed by atoms with E-state index in [1.807, 2.05) is 0 Å². The maximum atomic E-state index is 12.9. The number of ketones is 1. The van der Waals surface area contributed by atoms with Crippen LogP contribution in [0, 0.1) is 0 Å². The number of quaternary nitrogens is 1. The van der Waals surface area contributed by atoms with Crippen molar-refractivity contribution in [1.29, 1.82) is 0 Å². The van der Waals surface area contributed by atoms with E-state index in [4.69, 9.17) is 13.6 Å². The van der Waals surface area contributed by atoms with E-state index in [0.29, 0.717) is 18.1 Å². The second kappa shape index (κ2) is 9.15. The topological polar surface area (TPSA) is 97.6 Å². The first-order chi connectivity index (χ1) is 14.6. The van der Waals surface area contributed by atoms with E-state index in [9.17, 15) is 14.7 Å². The number of carbonyl (C=O) groups is 2. The summed E-state index contributed by atoms with van der Waals surface area (Å²) < 4.78 is 16.1. The van der Waals surface area contributed by atoms with E-state index >= 15 is 0 Å². The molecule has 1 fully saturated rings. The Kier molecular flexibility index (Phi) is 6.15. The molecule has 1 amide bonds. The summed E-state index contributed by atoms with van der Waals surface area (Å²) in [6.07, 6.45) is 6.55. The van der Waals surface area contributed by atoms with Crippen molar-refractivity contribution in [2.24, 2.45) is 0 Å². The molecule has 0 bridgehead atoms. The highest BCUT2D eigenvalue weighted by Gasteiger charge is 2.44. The summed E-state index contributed by atoms with van der Waals surface area (Å²) in [5, 5.41) is 10.5. The SMILES string of the molecule is O=C(/C=C/c1ccco1)C1=C(O)C(=O)N(CCC[NH+]2CCOCC2)[C@@H]1c1ccco1. The van der Waals surface area contributed by atoms with Crippen LogP contribution in [-0.4, -0.2) is 61.1 Å². The van der Waals surface area contributed by atoms with Crippen molar-refractivity contribution >= 4 is 17.8 Å². The van der Waals surface area contributed by atoms with Gasteiger partial charge in [0.1, 0.15) is 30.7 Å². The molecule has 4 heterocycles. The third kappa shape index (κ3) is 4.24. The van der Waals surface area contributed by atoms with Gasteiger partial charge in [-0.2, -0.15) is 0 Å². The molecule has 1 saturated heterocycles. The lowest BCUT2D eigenvalue weighted by atomic mass is 10.0. The van der Waals surface area contributed by atoms with Crippen LogP contribution in [0.5, 0.6) is 0 Å². The van der Waals surface area contributed by atoms with Crippen LogP contribution in [0.25, 0.3) is 6.08 Å². The molecule has 0 radical (unpaired) electrons. The Morgan fingerprint density at radius 3 is 2.67 bits per heavy atom. The van der Waals surface area contributed by atoms with Gasteiger partial charge < -0.3 is 28.5 Å². The van der Waals surface area contributed by atoms with Gasteiger partial charge in [0, 0.05) is 13.0 Å². The zero-order valence-corrected chi connectivity index (χ0v) is 16.6. The van der Waals surface area contributed by atoms with Crippen molar-refractivity contribution in [2.45, 2.75) is 12.5 Å². The number of hydrogen-bond acceptors (Lipinski definition) is 6. The van der Waals surface area contributed by atoms with Gasteiger partial charge >= 0.3 is 0 Å².